The van der Waals surface area contributed by atoms with E-state index in [0.717, 1.165) is 51.3 Å². The minimum absolute atomic E-state index is 0.0992. The van der Waals surface area contributed by atoms with Crippen LogP contribution in [0.3, 0.4) is 0 Å². The van der Waals surface area contributed by atoms with E-state index in [1.165, 1.54) is 5.56 Å². The first-order chi connectivity index (χ1) is 16.7. The maximum atomic E-state index is 13.1. The molecule has 0 spiro atoms. The predicted molar refractivity (Wildman–Crippen MR) is 138 cm³/mol. The Bertz CT molecular complexity index is 1320. The first-order valence-electron chi connectivity index (χ1n) is 11.9. The normalized spacial score (nSPS) is 11.1. The highest BCUT2D eigenvalue weighted by molar-refractivity contribution is 5.96. The van der Waals surface area contributed by atoms with Crippen molar-refractivity contribution < 1.29 is 4.79 Å². The summed E-state index contributed by atoms with van der Waals surface area (Å²) in [7, 11) is 0. The van der Waals surface area contributed by atoms with E-state index in [2.05, 4.69) is 65.8 Å². The lowest BCUT2D eigenvalue weighted by molar-refractivity contribution is 0.0949. The molecule has 2 aromatic carbocycles. The molecule has 0 radical (unpaired) electrons. The summed E-state index contributed by atoms with van der Waals surface area (Å²) in [6.45, 7) is 12.3. The molecule has 0 aliphatic rings. The number of nitrogens with zero attached hydrogens (tertiary/aromatic N) is 4. The Balaban J connectivity index is 1.43. The fraction of sp³-hybridized carbons (Fsp3) is 0.321. The Labute approximate surface area is 207 Å². The van der Waals surface area contributed by atoms with Crippen LogP contribution < -0.4 is 11.1 Å². The summed E-state index contributed by atoms with van der Waals surface area (Å²) in [6, 6.07) is 12.6. The highest BCUT2D eigenvalue weighted by Crippen LogP contribution is 2.19. The average molecular weight is 471 g/mol. The van der Waals surface area contributed by atoms with Crippen molar-refractivity contribution in [3.8, 4) is 0 Å². The molecule has 7 nitrogen and oxygen atoms in total. The zero-order valence-electron chi connectivity index (χ0n) is 21.2. The van der Waals surface area contributed by atoms with Crippen molar-refractivity contribution >= 4 is 5.91 Å². The number of nitrogens with one attached hydrogen (secondary N) is 1. The second kappa shape index (κ2) is 10.3. The van der Waals surface area contributed by atoms with Crippen LogP contribution in [-0.4, -0.2) is 25.5 Å². The van der Waals surface area contributed by atoms with Gasteiger partial charge in [-0.3, -0.25) is 14.2 Å². The van der Waals surface area contributed by atoms with Crippen LogP contribution in [0.5, 0.6) is 0 Å². The molecule has 0 aliphatic carbocycles. The van der Waals surface area contributed by atoms with Crippen molar-refractivity contribution in [2.75, 3.05) is 0 Å². The lowest BCUT2D eigenvalue weighted by Gasteiger charge is -2.13. The maximum Gasteiger partial charge on any atom is 0.255 e. The molecule has 0 unspecified atom stereocenters. The molecule has 4 aromatic rings. The second-order valence-electron chi connectivity index (χ2n) is 9.33. The van der Waals surface area contributed by atoms with Gasteiger partial charge in [0.05, 0.1) is 30.5 Å². The van der Waals surface area contributed by atoms with Crippen LogP contribution in [0, 0.1) is 34.6 Å². The van der Waals surface area contributed by atoms with Gasteiger partial charge >= 0.3 is 0 Å². The van der Waals surface area contributed by atoms with Gasteiger partial charge in [-0.15, -0.1) is 0 Å². The van der Waals surface area contributed by atoms with Gasteiger partial charge in [-0.05, 0) is 73.6 Å². The molecule has 182 valence electrons. The molecule has 35 heavy (non-hydrogen) atoms. The zero-order valence-corrected chi connectivity index (χ0v) is 21.2. The van der Waals surface area contributed by atoms with Crippen LogP contribution in [0.4, 0.5) is 0 Å². The summed E-state index contributed by atoms with van der Waals surface area (Å²) in [4.78, 5) is 13.1. The largest absolute Gasteiger partial charge is 0.348 e. The highest BCUT2D eigenvalue weighted by atomic mass is 16.1. The van der Waals surface area contributed by atoms with Gasteiger partial charge in [0, 0.05) is 25.0 Å². The molecule has 2 heterocycles. The minimum Gasteiger partial charge on any atom is -0.348 e. The third kappa shape index (κ3) is 5.52. The van der Waals surface area contributed by atoms with E-state index >= 15 is 0 Å². The summed E-state index contributed by atoms with van der Waals surface area (Å²) < 4.78 is 3.84. The van der Waals surface area contributed by atoms with E-state index < -0.39 is 0 Å². The van der Waals surface area contributed by atoms with Crippen molar-refractivity contribution in [2.45, 2.75) is 60.8 Å². The third-order valence-electron chi connectivity index (χ3n) is 6.49. The fourth-order valence-electron chi connectivity index (χ4n) is 4.58. The number of amides is 1. The van der Waals surface area contributed by atoms with Crippen LogP contribution in [0.25, 0.3) is 0 Å². The SMILES string of the molecule is Cc1cnn(Cc2ccc(Cn3nc(C)c(C(=O)NCc4c(C)cc(CN)cc4C)c3C)cc2)c1. The van der Waals surface area contributed by atoms with Gasteiger partial charge < -0.3 is 11.1 Å². The Hall–Kier alpha value is -3.71. The van der Waals surface area contributed by atoms with Crippen LogP contribution in [-0.2, 0) is 26.2 Å². The Kier molecular flexibility index (Phi) is 7.17. The first-order valence-corrected chi connectivity index (χ1v) is 11.9. The molecule has 7 heteroatoms. The highest BCUT2D eigenvalue weighted by Gasteiger charge is 2.19. The van der Waals surface area contributed by atoms with Crippen molar-refractivity contribution in [1.82, 2.24) is 24.9 Å². The van der Waals surface area contributed by atoms with E-state index in [-0.39, 0.29) is 5.91 Å². The van der Waals surface area contributed by atoms with Gasteiger partial charge in [-0.1, -0.05) is 36.4 Å². The molecule has 1 amide bonds. The smallest absolute Gasteiger partial charge is 0.255 e. The van der Waals surface area contributed by atoms with Gasteiger partial charge in [-0.2, -0.15) is 10.2 Å². The summed E-state index contributed by atoms with van der Waals surface area (Å²) in [5.74, 6) is -0.0992. The summed E-state index contributed by atoms with van der Waals surface area (Å²) in [6.07, 6.45) is 3.90. The second-order valence-corrected chi connectivity index (χ2v) is 9.33. The predicted octanol–water partition coefficient (Wildman–Crippen LogP) is 4.11. The van der Waals surface area contributed by atoms with Crippen LogP contribution >= 0.6 is 0 Å². The van der Waals surface area contributed by atoms with E-state index in [9.17, 15) is 4.79 Å². The lowest BCUT2D eigenvalue weighted by atomic mass is 9.99. The van der Waals surface area contributed by atoms with Crippen LogP contribution in [0.2, 0.25) is 0 Å². The van der Waals surface area contributed by atoms with E-state index in [0.29, 0.717) is 25.2 Å². The minimum atomic E-state index is -0.0992. The summed E-state index contributed by atoms with van der Waals surface area (Å²) in [5.41, 5.74) is 16.0. The maximum absolute atomic E-state index is 13.1. The molecule has 0 aliphatic heterocycles. The third-order valence-corrected chi connectivity index (χ3v) is 6.49. The topological polar surface area (TPSA) is 90.8 Å². The van der Waals surface area contributed by atoms with Gasteiger partial charge in [0.25, 0.3) is 5.91 Å². The molecule has 2 aromatic heterocycles. The van der Waals surface area contributed by atoms with E-state index in [4.69, 9.17) is 5.73 Å². The van der Waals surface area contributed by atoms with Gasteiger partial charge in [0.2, 0.25) is 0 Å². The Morgan fingerprint density at radius 1 is 0.943 bits per heavy atom. The van der Waals surface area contributed by atoms with E-state index in [1.807, 2.05) is 42.5 Å². The summed E-state index contributed by atoms with van der Waals surface area (Å²) >= 11 is 0. The number of carbonyl (C=O) groups is 1. The zero-order chi connectivity index (χ0) is 25.1. The first kappa shape index (κ1) is 24.4. The Morgan fingerprint density at radius 2 is 1.57 bits per heavy atom. The molecule has 0 saturated carbocycles. The number of benzene rings is 2. The fourth-order valence-corrected chi connectivity index (χ4v) is 4.58. The number of hydrogen-bond donors (Lipinski definition) is 2. The lowest BCUT2D eigenvalue weighted by Crippen LogP contribution is -2.25. The van der Waals surface area contributed by atoms with Gasteiger partial charge in [-0.25, -0.2) is 0 Å². The molecule has 0 fully saturated rings. The molecule has 3 N–H and O–H groups in total. The summed E-state index contributed by atoms with van der Waals surface area (Å²) in [5, 5.41) is 12.1. The van der Waals surface area contributed by atoms with E-state index in [1.54, 1.807) is 0 Å². The molecular weight excluding hydrogens is 436 g/mol. The molecule has 4 rings (SSSR count). The quantitative estimate of drug-likeness (QED) is 0.406. The number of nitrogens with two attached hydrogens (primary N) is 1. The van der Waals surface area contributed by atoms with Crippen molar-refractivity contribution in [3.05, 3.63) is 105 Å². The van der Waals surface area contributed by atoms with Gasteiger partial charge in [0.15, 0.2) is 0 Å². The van der Waals surface area contributed by atoms with Crippen molar-refractivity contribution in [3.63, 3.8) is 0 Å². The number of hydrogen-bond acceptors (Lipinski definition) is 4. The number of aryl methyl sites for hydroxylation is 4. The Morgan fingerprint density at radius 3 is 2.14 bits per heavy atom. The number of carbonyl (C=O) groups excluding carboxylic acids is 1. The molecule has 0 atom stereocenters. The standard InChI is InChI=1S/C28H34N6O/c1-18-13-31-33(15-18)16-23-6-8-24(9-7-23)17-34-22(5)27(21(4)32-34)28(35)30-14-26-19(2)10-25(12-29)11-20(26)3/h6-11,13,15H,12,14,16-17,29H2,1-5H3,(H,30,35). The number of rotatable bonds is 8. The van der Waals surface area contributed by atoms with Crippen LogP contribution in [0.1, 0.15) is 60.7 Å². The monoisotopic (exact) mass is 470 g/mol. The van der Waals surface area contributed by atoms with Crippen LogP contribution in [0.15, 0.2) is 48.8 Å². The molecule has 0 bridgehead atoms. The van der Waals surface area contributed by atoms with Crippen molar-refractivity contribution in [1.29, 1.82) is 0 Å². The average Bonchev–Trinajstić information content (AvgIpc) is 3.35. The van der Waals surface area contributed by atoms with Crippen molar-refractivity contribution in [2.24, 2.45) is 5.73 Å². The number of aromatic nitrogens is 4. The van der Waals surface area contributed by atoms with Gasteiger partial charge in [0.1, 0.15) is 0 Å². The molecular formula is C28H34N6O. The molecule has 0 saturated heterocycles.